The van der Waals surface area contributed by atoms with Gasteiger partial charge in [0.2, 0.25) is 0 Å². The van der Waals surface area contributed by atoms with E-state index in [1.165, 1.54) is 36.8 Å². The van der Waals surface area contributed by atoms with Crippen LogP contribution in [-0.4, -0.2) is 31.1 Å². The standard InChI is InChI=1S/C17H28N2/c1-4-15-9-5-6-10-16(15)13-18-14-17(19(2)3)11-7-8-12-17/h5-6,9-10,18H,4,7-8,11-14H2,1-3H3. The van der Waals surface area contributed by atoms with Gasteiger partial charge in [-0.2, -0.15) is 0 Å². The number of rotatable bonds is 6. The second-order valence-electron chi connectivity index (χ2n) is 6.05. The molecule has 0 aromatic heterocycles. The lowest BCUT2D eigenvalue weighted by Gasteiger charge is -2.36. The highest BCUT2D eigenvalue weighted by molar-refractivity contribution is 5.26. The molecule has 19 heavy (non-hydrogen) atoms. The molecule has 0 radical (unpaired) electrons. The molecule has 1 aromatic carbocycles. The van der Waals surface area contributed by atoms with Gasteiger partial charge in [0.05, 0.1) is 0 Å². The molecule has 2 rings (SSSR count). The van der Waals surface area contributed by atoms with Crippen LogP contribution >= 0.6 is 0 Å². The molecule has 1 fully saturated rings. The predicted octanol–water partition coefficient (Wildman–Crippen LogP) is 3.21. The van der Waals surface area contributed by atoms with Crippen molar-refractivity contribution in [2.75, 3.05) is 20.6 Å². The number of nitrogens with zero attached hydrogens (tertiary/aromatic N) is 1. The van der Waals surface area contributed by atoms with Gasteiger partial charge >= 0.3 is 0 Å². The Morgan fingerprint density at radius 2 is 1.74 bits per heavy atom. The van der Waals surface area contributed by atoms with Crippen LogP contribution in [-0.2, 0) is 13.0 Å². The summed E-state index contributed by atoms with van der Waals surface area (Å²) in [5.41, 5.74) is 3.32. The molecule has 0 heterocycles. The van der Waals surface area contributed by atoms with Crippen molar-refractivity contribution in [2.45, 2.75) is 51.1 Å². The lowest BCUT2D eigenvalue weighted by Crippen LogP contribution is -2.49. The lowest BCUT2D eigenvalue weighted by molar-refractivity contribution is 0.153. The normalized spacial score (nSPS) is 18.1. The largest absolute Gasteiger partial charge is 0.311 e. The third kappa shape index (κ3) is 3.37. The van der Waals surface area contributed by atoms with Crippen molar-refractivity contribution in [3.8, 4) is 0 Å². The summed E-state index contributed by atoms with van der Waals surface area (Å²) in [6, 6.07) is 8.78. The van der Waals surface area contributed by atoms with E-state index in [9.17, 15) is 0 Å². The van der Waals surface area contributed by atoms with Crippen molar-refractivity contribution in [2.24, 2.45) is 0 Å². The van der Waals surface area contributed by atoms with Crippen molar-refractivity contribution in [1.82, 2.24) is 10.2 Å². The Balaban J connectivity index is 1.92. The van der Waals surface area contributed by atoms with E-state index >= 15 is 0 Å². The molecule has 2 nitrogen and oxygen atoms in total. The SMILES string of the molecule is CCc1ccccc1CNCC1(N(C)C)CCCC1. The van der Waals surface area contributed by atoms with Gasteiger partial charge in [-0.1, -0.05) is 44.0 Å². The minimum Gasteiger partial charge on any atom is -0.311 e. The highest BCUT2D eigenvalue weighted by Crippen LogP contribution is 2.33. The molecule has 1 aliphatic rings. The molecule has 0 atom stereocenters. The van der Waals surface area contributed by atoms with Crippen LogP contribution in [0.5, 0.6) is 0 Å². The second kappa shape index (κ2) is 6.53. The summed E-state index contributed by atoms with van der Waals surface area (Å²) in [5.74, 6) is 0. The van der Waals surface area contributed by atoms with Gasteiger partial charge in [-0.3, -0.25) is 0 Å². The number of likely N-dealkylation sites (N-methyl/N-ethyl adjacent to an activating group) is 1. The number of hydrogen-bond donors (Lipinski definition) is 1. The molecular weight excluding hydrogens is 232 g/mol. The van der Waals surface area contributed by atoms with Crippen LogP contribution in [0.2, 0.25) is 0 Å². The fraction of sp³-hybridized carbons (Fsp3) is 0.647. The summed E-state index contributed by atoms with van der Waals surface area (Å²) in [5, 5.41) is 3.70. The Bertz CT molecular complexity index is 392. The molecule has 1 aromatic rings. The molecule has 0 spiro atoms. The molecule has 1 aliphatic carbocycles. The van der Waals surface area contributed by atoms with E-state index in [-0.39, 0.29) is 0 Å². The maximum atomic E-state index is 3.70. The van der Waals surface area contributed by atoms with Crippen LogP contribution < -0.4 is 5.32 Å². The fourth-order valence-electron chi connectivity index (χ4n) is 3.32. The van der Waals surface area contributed by atoms with E-state index in [2.05, 4.69) is 55.5 Å². The first kappa shape index (κ1) is 14.5. The van der Waals surface area contributed by atoms with Gasteiger partial charge in [-0.15, -0.1) is 0 Å². The summed E-state index contributed by atoms with van der Waals surface area (Å²) in [6.07, 6.45) is 6.55. The third-order valence-electron chi connectivity index (χ3n) is 4.75. The minimum atomic E-state index is 0.390. The first-order chi connectivity index (χ1) is 9.18. The molecule has 1 saturated carbocycles. The molecule has 0 bridgehead atoms. The number of nitrogens with one attached hydrogen (secondary N) is 1. The van der Waals surface area contributed by atoms with Crippen LogP contribution in [0.4, 0.5) is 0 Å². The molecule has 0 saturated heterocycles. The van der Waals surface area contributed by atoms with Gasteiger partial charge in [0, 0.05) is 18.6 Å². The van der Waals surface area contributed by atoms with E-state index in [4.69, 9.17) is 0 Å². The van der Waals surface area contributed by atoms with Crippen LogP contribution in [0.1, 0.15) is 43.7 Å². The van der Waals surface area contributed by atoms with Gasteiger partial charge < -0.3 is 10.2 Å². The minimum absolute atomic E-state index is 0.390. The monoisotopic (exact) mass is 260 g/mol. The Morgan fingerprint density at radius 3 is 2.32 bits per heavy atom. The average molecular weight is 260 g/mol. The second-order valence-corrected chi connectivity index (χ2v) is 6.05. The Kier molecular flexibility index (Phi) is 5.00. The van der Waals surface area contributed by atoms with E-state index in [0.29, 0.717) is 5.54 Å². The fourth-order valence-corrected chi connectivity index (χ4v) is 3.32. The van der Waals surface area contributed by atoms with Crippen molar-refractivity contribution in [3.63, 3.8) is 0 Å². The van der Waals surface area contributed by atoms with Crippen molar-refractivity contribution < 1.29 is 0 Å². The van der Waals surface area contributed by atoms with Gasteiger partial charge in [-0.25, -0.2) is 0 Å². The molecule has 1 N–H and O–H groups in total. The first-order valence-corrected chi connectivity index (χ1v) is 7.63. The average Bonchev–Trinajstić information content (AvgIpc) is 2.89. The summed E-state index contributed by atoms with van der Waals surface area (Å²) >= 11 is 0. The van der Waals surface area contributed by atoms with Gasteiger partial charge in [0.15, 0.2) is 0 Å². The topological polar surface area (TPSA) is 15.3 Å². The van der Waals surface area contributed by atoms with E-state index in [1.54, 1.807) is 0 Å². The lowest BCUT2D eigenvalue weighted by atomic mass is 9.95. The van der Waals surface area contributed by atoms with Gasteiger partial charge in [-0.05, 0) is 44.5 Å². The van der Waals surface area contributed by atoms with Gasteiger partial charge in [0.25, 0.3) is 0 Å². The Labute approximate surface area is 118 Å². The summed E-state index contributed by atoms with van der Waals surface area (Å²) in [4.78, 5) is 2.43. The number of aryl methyl sites for hydroxylation is 1. The highest BCUT2D eigenvalue weighted by Gasteiger charge is 2.35. The van der Waals surface area contributed by atoms with Gasteiger partial charge in [0.1, 0.15) is 0 Å². The molecule has 106 valence electrons. The maximum Gasteiger partial charge on any atom is 0.0328 e. The molecule has 2 heteroatoms. The number of hydrogen-bond acceptors (Lipinski definition) is 2. The molecule has 0 unspecified atom stereocenters. The van der Waals surface area contributed by atoms with Crippen molar-refractivity contribution >= 4 is 0 Å². The first-order valence-electron chi connectivity index (χ1n) is 7.63. The van der Waals surface area contributed by atoms with Crippen LogP contribution in [0.15, 0.2) is 24.3 Å². The zero-order chi connectivity index (χ0) is 13.7. The number of benzene rings is 1. The van der Waals surface area contributed by atoms with E-state index in [1.807, 2.05) is 0 Å². The van der Waals surface area contributed by atoms with Crippen molar-refractivity contribution in [1.29, 1.82) is 0 Å². The summed E-state index contributed by atoms with van der Waals surface area (Å²) in [6.45, 7) is 4.34. The maximum absolute atomic E-state index is 3.70. The van der Waals surface area contributed by atoms with E-state index < -0.39 is 0 Å². The molecular formula is C17H28N2. The smallest absolute Gasteiger partial charge is 0.0328 e. The summed E-state index contributed by atoms with van der Waals surface area (Å²) in [7, 11) is 4.46. The zero-order valence-electron chi connectivity index (χ0n) is 12.7. The third-order valence-corrected chi connectivity index (χ3v) is 4.75. The Morgan fingerprint density at radius 1 is 1.11 bits per heavy atom. The van der Waals surface area contributed by atoms with Crippen LogP contribution in [0.3, 0.4) is 0 Å². The van der Waals surface area contributed by atoms with Crippen LogP contribution in [0.25, 0.3) is 0 Å². The quantitative estimate of drug-likeness (QED) is 0.845. The van der Waals surface area contributed by atoms with Crippen LogP contribution in [0, 0.1) is 0 Å². The highest BCUT2D eigenvalue weighted by atomic mass is 15.2. The summed E-state index contributed by atoms with van der Waals surface area (Å²) < 4.78 is 0. The molecule has 0 amide bonds. The Hall–Kier alpha value is -0.860. The van der Waals surface area contributed by atoms with E-state index in [0.717, 1.165) is 19.5 Å². The zero-order valence-corrected chi connectivity index (χ0v) is 12.7. The van der Waals surface area contributed by atoms with Crippen molar-refractivity contribution in [3.05, 3.63) is 35.4 Å². The molecule has 0 aliphatic heterocycles. The predicted molar refractivity (Wildman–Crippen MR) is 82.4 cm³/mol.